The van der Waals surface area contributed by atoms with Gasteiger partial charge in [-0.05, 0) is 66.8 Å². The van der Waals surface area contributed by atoms with E-state index in [-0.39, 0.29) is 22.0 Å². The topological polar surface area (TPSA) is 92.3 Å². The van der Waals surface area contributed by atoms with Crippen molar-refractivity contribution in [3.63, 3.8) is 0 Å². The Kier molecular flexibility index (Phi) is 6.20. The summed E-state index contributed by atoms with van der Waals surface area (Å²) >= 11 is 1.34. The van der Waals surface area contributed by atoms with Crippen molar-refractivity contribution in [3.8, 4) is 0 Å². The van der Waals surface area contributed by atoms with E-state index >= 15 is 0 Å². The van der Waals surface area contributed by atoms with Crippen LogP contribution in [0.15, 0.2) is 70.9 Å². The number of rotatable bonds is 6. The first-order valence-corrected chi connectivity index (χ1v) is 12.5. The van der Waals surface area contributed by atoms with Gasteiger partial charge in [0.05, 0.1) is 15.0 Å². The molecule has 4 rings (SSSR count). The Labute approximate surface area is 185 Å². The summed E-state index contributed by atoms with van der Waals surface area (Å²) in [6, 6.07) is 16.5. The molecule has 31 heavy (non-hydrogen) atoms. The molecule has 0 spiro atoms. The summed E-state index contributed by atoms with van der Waals surface area (Å²) < 4.78 is 25.4. The molecular formula is C23H22N2O4S2. The predicted octanol–water partition coefficient (Wildman–Crippen LogP) is 4.97. The van der Waals surface area contributed by atoms with Gasteiger partial charge >= 0.3 is 0 Å². The minimum atomic E-state index is -3.32. The second-order valence-electron chi connectivity index (χ2n) is 7.44. The lowest BCUT2D eigenvalue weighted by Gasteiger charge is -2.12. The van der Waals surface area contributed by atoms with Crippen LogP contribution in [0.3, 0.4) is 0 Å². The molecule has 160 valence electrons. The number of carbonyl (C=O) groups excluding carboxylic acids is 2. The number of amides is 2. The number of hydrogen-bond donors (Lipinski definition) is 2. The molecule has 0 radical (unpaired) electrons. The minimum Gasteiger partial charge on any atom is -0.322 e. The first-order chi connectivity index (χ1) is 14.9. The van der Waals surface area contributed by atoms with Crippen molar-refractivity contribution < 1.29 is 18.0 Å². The van der Waals surface area contributed by atoms with Crippen molar-refractivity contribution in [1.82, 2.24) is 0 Å². The first kappa shape index (κ1) is 21.3. The van der Waals surface area contributed by atoms with Crippen LogP contribution < -0.4 is 10.6 Å². The fourth-order valence-electron chi connectivity index (χ4n) is 3.66. The van der Waals surface area contributed by atoms with Crippen molar-refractivity contribution in [2.24, 2.45) is 0 Å². The second-order valence-corrected chi connectivity index (χ2v) is 10.6. The maximum atomic E-state index is 12.7. The lowest BCUT2D eigenvalue weighted by molar-refractivity contribution is 0.101. The van der Waals surface area contributed by atoms with E-state index in [9.17, 15) is 18.0 Å². The Morgan fingerprint density at radius 1 is 0.839 bits per heavy atom. The zero-order valence-electron chi connectivity index (χ0n) is 16.7. The van der Waals surface area contributed by atoms with Crippen LogP contribution in [0.1, 0.15) is 45.7 Å². The number of hydrogen-bond acceptors (Lipinski definition) is 5. The lowest BCUT2D eigenvalue weighted by atomic mass is 10.1. The Morgan fingerprint density at radius 2 is 1.55 bits per heavy atom. The molecule has 1 fully saturated rings. The second kappa shape index (κ2) is 9.03. The number of sulfone groups is 1. The van der Waals surface area contributed by atoms with Crippen LogP contribution in [0.5, 0.6) is 0 Å². The molecule has 1 aliphatic carbocycles. The summed E-state index contributed by atoms with van der Waals surface area (Å²) in [7, 11) is -3.32. The minimum absolute atomic E-state index is 0.230. The number of thiophene rings is 1. The maximum absolute atomic E-state index is 12.7. The van der Waals surface area contributed by atoms with E-state index in [1.54, 1.807) is 60.7 Å². The molecule has 0 bridgehead atoms. The molecule has 1 aliphatic rings. The fourth-order valence-corrected chi connectivity index (χ4v) is 6.13. The van der Waals surface area contributed by atoms with E-state index < -0.39 is 9.84 Å². The van der Waals surface area contributed by atoms with Gasteiger partial charge < -0.3 is 10.6 Å². The van der Waals surface area contributed by atoms with Crippen LogP contribution in [-0.2, 0) is 9.84 Å². The number of nitrogens with one attached hydrogen (secondary N) is 2. The third kappa shape index (κ3) is 4.86. The Balaban J connectivity index is 1.43. The smallest absolute Gasteiger partial charge is 0.265 e. The van der Waals surface area contributed by atoms with E-state index in [2.05, 4.69) is 10.6 Å². The lowest BCUT2D eigenvalue weighted by Crippen LogP contribution is -2.18. The zero-order valence-corrected chi connectivity index (χ0v) is 18.3. The summed E-state index contributed by atoms with van der Waals surface area (Å²) in [5.74, 6) is -0.578. The van der Waals surface area contributed by atoms with Gasteiger partial charge in [0.25, 0.3) is 11.8 Å². The molecule has 1 saturated carbocycles. The Hall–Kier alpha value is -2.97. The number of carbonyl (C=O) groups is 2. The molecule has 2 N–H and O–H groups in total. The van der Waals surface area contributed by atoms with Gasteiger partial charge in [-0.25, -0.2) is 8.42 Å². The molecule has 6 nitrogen and oxygen atoms in total. The van der Waals surface area contributed by atoms with E-state index in [0.29, 0.717) is 34.7 Å². The number of anilines is 2. The van der Waals surface area contributed by atoms with Gasteiger partial charge in [0.15, 0.2) is 9.84 Å². The highest BCUT2D eigenvalue weighted by atomic mass is 32.2. The molecule has 8 heteroatoms. The molecule has 3 aromatic rings. The van der Waals surface area contributed by atoms with Crippen LogP contribution in [0.4, 0.5) is 11.4 Å². The quantitative estimate of drug-likeness (QED) is 0.550. The molecule has 0 atom stereocenters. The number of benzene rings is 2. The molecular weight excluding hydrogens is 432 g/mol. The highest BCUT2D eigenvalue weighted by Crippen LogP contribution is 2.30. The molecule has 0 aliphatic heterocycles. The molecule has 2 amide bonds. The third-order valence-corrected chi connectivity index (χ3v) is 8.46. The molecule has 1 heterocycles. The summed E-state index contributed by atoms with van der Waals surface area (Å²) in [6.07, 6.45) is 3.32. The van der Waals surface area contributed by atoms with Gasteiger partial charge in [-0.3, -0.25) is 9.59 Å². The zero-order chi connectivity index (χ0) is 21.8. The highest BCUT2D eigenvalue weighted by Gasteiger charge is 2.30. The van der Waals surface area contributed by atoms with E-state index in [1.165, 1.54) is 11.3 Å². The van der Waals surface area contributed by atoms with E-state index in [4.69, 9.17) is 0 Å². The average Bonchev–Trinajstić information content (AvgIpc) is 3.49. The van der Waals surface area contributed by atoms with Crippen molar-refractivity contribution in [2.45, 2.75) is 35.8 Å². The van der Waals surface area contributed by atoms with Crippen molar-refractivity contribution in [3.05, 3.63) is 76.5 Å². The van der Waals surface area contributed by atoms with Crippen LogP contribution in [0, 0.1) is 0 Å². The van der Waals surface area contributed by atoms with Gasteiger partial charge in [-0.15, -0.1) is 11.3 Å². The van der Waals surface area contributed by atoms with Gasteiger partial charge in [0, 0.05) is 16.9 Å². The largest absolute Gasteiger partial charge is 0.322 e. The normalized spacial score (nSPS) is 14.3. The fraction of sp³-hybridized carbons (Fsp3) is 0.217. The Bertz CT molecular complexity index is 1180. The van der Waals surface area contributed by atoms with Crippen molar-refractivity contribution in [2.75, 3.05) is 10.6 Å². The van der Waals surface area contributed by atoms with Gasteiger partial charge in [0.1, 0.15) is 0 Å². The monoisotopic (exact) mass is 454 g/mol. The highest BCUT2D eigenvalue weighted by molar-refractivity contribution is 7.92. The van der Waals surface area contributed by atoms with Crippen LogP contribution in [-0.4, -0.2) is 25.5 Å². The summed E-state index contributed by atoms with van der Waals surface area (Å²) in [4.78, 5) is 25.7. The molecule has 2 aromatic carbocycles. The third-order valence-electron chi connectivity index (χ3n) is 5.31. The SMILES string of the molecule is O=C(Nc1ccc(S(=O)(=O)C2CCCC2)cc1)c1cccc(NC(=O)c2cccs2)c1. The summed E-state index contributed by atoms with van der Waals surface area (Å²) in [5, 5.41) is 7.07. The van der Waals surface area contributed by atoms with Gasteiger partial charge in [-0.1, -0.05) is 25.0 Å². The van der Waals surface area contributed by atoms with Crippen LogP contribution in [0.2, 0.25) is 0 Å². The first-order valence-electron chi connectivity index (χ1n) is 10.0. The van der Waals surface area contributed by atoms with E-state index in [1.807, 2.05) is 5.38 Å². The van der Waals surface area contributed by atoms with Crippen LogP contribution in [0.25, 0.3) is 0 Å². The molecule has 0 unspecified atom stereocenters. The Morgan fingerprint density at radius 3 is 2.23 bits per heavy atom. The summed E-state index contributed by atoms with van der Waals surface area (Å²) in [5.41, 5.74) is 1.40. The van der Waals surface area contributed by atoms with Crippen molar-refractivity contribution in [1.29, 1.82) is 0 Å². The standard InChI is InChI=1S/C23H22N2O4S2/c26-22(16-5-3-6-18(15-16)25-23(27)21-9-4-14-30-21)24-17-10-12-20(13-11-17)31(28,29)19-7-1-2-8-19/h3-6,9-15,19H,1-2,7-8H2,(H,24,26)(H,25,27). The van der Waals surface area contributed by atoms with E-state index in [0.717, 1.165) is 12.8 Å². The molecule has 1 aromatic heterocycles. The predicted molar refractivity (Wildman–Crippen MR) is 123 cm³/mol. The maximum Gasteiger partial charge on any atom is 0.265 e. The molecule has 0 saturated heterocycles. The average molecular weight is 455 g/mol. The van der Waals surface area contributed by atoms with Crippen LogP contribution >= 0.6 is 11.3 Å². The van der Waals surface area contributed by atoms with Crippen molar-refractivity contribution >= 4 is 44.4 Å². The van der Waals surface area contributed by atoms with Gasteiger partial charge in [-0.2, -0.15) is 0 Å². The van der Waals surface area contributed by atoms with Gasteiger partial charge in [0.2, 0.25) is 0 Å². The summed E-state index contributed by atoms with van der Waals surface area (Å²) in [6.45, 7) is 0.